The third-order valence-corrected chi connectivity index (χ3v) is 4.04. The fourth-order valence-electron chi connectivity index (χ4n) is 2.67. The molecule has 130 valence electrons. The van der Waals surface area contributed by atoms with Gasteiger partial charge in [0.05, 0.1) is 6.42 Å². The number of hydrogen-bond donors (Lipinski definition) is 2. The molecule has 0 saturated heterocycles. The lowest BCUT2D eigenvalue weighted by Gasteiger charge is -2.18. The molecule has 3 amide bonds. The Morgan fingerprint density at radius 1 is 1.25 bits per heavy atom. The van der Waals surface area contributed by atoms with Gasteiger partial charge in [0.15, 0.2) is 0 Å². The number of para-hydroxylation sites is 1. The molecule has 0 aromatic heterocycles. The fourth-order valence-corrected chi connectivity index (χ4v) is 2.67. The third-order valence-electron chi connectivity index (χ3n) is 4.04. The van der Waals surface area contributed by atoms with E-state index in [4.69, 9.17) is 5.11 Å². The lowest BCUT2D eigenvalue weighted by Crippen LogP contribution is -2.39. The minimum absolute atomic E-state index is 0.0634. The second-order valence-corrected chi connectivity index (χ2v) is 5.82. The summed E-state index contributed by atoms with van der Waals surface area (Å²) >= 11 is 0. The number of rotatable bonds is 7. The first kappa shape index (κ1) is 17.8. The number of hydrogen-bond acceptors (Lipinski definition) is 3. The van der Waals surface area contributed by atoms with Crippen LogP contribution in [0.5, 0.6) is 0 Å². The molecule has 2 N–H and O–H groups in total. The molecule has 1 heterocycles. The Labute approximate surface area is 141 Å². The van der Waals surface area contributed by atoms with Gasteiger partial charge in [-0.3, -0.25) is 9.59 Å². The Morgan fingerprint density at radius 3 is 2.75 bits per heavy atom. The van der Waals surface area contributed by atoms with Crippen molar-refractivity contribution in [2.75, 3.05) is 31.6 Å². The highest BCUT2D eigenvalue weighted by molar-refractivity contribution is 5.95. The van der Waals surface area contributed by atoms with Crippen molar-refractivity contribution in [2.24, 2.45) is 0 Å². The topological polar surface area (TPSA) is 90.0 Å². The Kier molecular flexibility index (Phi) is 6.17. The molecule has 0 aliphatic carbocycles. The van der Waals surface area contributed by atoms with Crippen LogP contribution >= 0.6 is 0 Å². The highest BCUT2D eigenvalue weighted by Gasteiger charge is 2.23. The lowest BCUT2D eigenvalue weighted by atomic mass is 10.2. The molecule has 0 fully saturated rings. The van der Waals surface area contributed by atoms with Crippen molar-refractivity contribution < 1.29 is 19.5 Å². The van der Waals surface area contributed by atoms with Crippen molar-refractivity contribution in [3.05, 3.63) is 29.8 Å². The number of aliphatic carboxylic acids is 1. The molecule has 0 saturated carbocycles. The molecule has 1 aromatic carbocycles. The van der Waals surface area contributed by atoms with E-state index in [2.05, 4.69) is 5.32 Å². The number of nitrogens with zero attached hydrogens (tertiary/aromatic N) is 2. The highest BCUT2D eigenvalue weighted by Crippen LogP contribution is 2.27. The number of anilines is 1. The molecule has 0 unspecified atom stereocenters. The number of carbonyl (C=O) groups excluding carboxylic acids is 2. The summed E-state index contributed by atoms with van der Waals surface area (Å²) in [4.78, 5) is 37.7. The SMILES string of the molecule is CN(CCC(=O)O)C(=O)NCCCC(=O)N1CCc2ccccc21. The quantitative estimate of drug-likeness (QED) is 0.740. The van der Waals surface area contributed by atoms with Crippen molar-refractivity contribution in [1.29, 1.82) is 0 Å². The maximum absolute atomic E-state index is 12.3. The van der Waals surface area contributed by atoms with Gasteiger partial charge in [-0.15, -0.1) is 0 Å². The molecule has 0 bridgehead atoms. The molecule has 1 aromatic rings. The van der Waals surface area contributed by atoms with E-state index in [-0.39, 0.29) is 24.9 Å². The van der Waals surface area contributed by atoms with E-state index in [0.717, 1.165) is 12.1 Å². The summed E-state index contributed by atoms with van der Waals surface area (Å²) in [5.74, 6) is -0.875. The van der Waals surface area contributed by atoms with Gasteiger partial charge in [0.25, 0.3) is 0 Å². The van der Waals surface area contributed by atoms with E-state index in [1.165, 1.54) is 10.5 Å². The number of nitrogens with one attached hydrogen (secondary N) is 1. The van der Waals surface area contributed by atoms with Gasteiger partial charge in [0, 0.05) is 38.8 Å². The molecule has 2 rings (SSSR count). The Hall–Kier alpha value is -2.57. The van der Waals surface area contributed by atoms with Crippen LogP contribution < -0.4 is 10.2 Å². The van der Waals surface area contributed by atoms with Gasteiger partial charge in [-0.05, 0) is 24.5 Å². The van der Waals surface area contributed by atoms with E-state index in [9.17, 15) is 14.4 Å². The molecule has 7 heteroatoms. The largest absolute Gasteiger partial charge is 0.481 e. The predicted molar refractivity (Wildman–Crippen MR) is 90.0 cm³/mol. The summed E-state index contributed by atoms with van der Waals surface area (Å²) in [6.07, 6.45) is 1.72. The number of urea groups is 1. The smallest absolute Gasteiger partial charge is 0.317 e. The monoisotopic (exact) mass is 333 g/mol. The maximum atomic E-state index is 12.3. The number of carboxylic acid groups (broad SMARTS) is 1. The molecular weight excluding hydrogens is 310 g/mol. The van der Waals surface area contributed by atoms with E-state index in [0.29, 0.717) is 25.9 Å². The second kappa shape index (κ2) is 8.33. The minimum atomic E-state index is -0.939. The van der Waals surface area contributed by atoms with Gasteiger partial charge in [-0.2, -0.15) is 0 Å². The maximum Gasteiger partial charge on any atom is 0.317 e. The van der Waals surface area contributed by atoms with Crippen LogP contribution in [0.15, 0.2) is 24.3 Å². The second-order valence-electron chi connectivity index (χ2n) is 5.82. The summed E-state index contributed by atoms with van der Waals surface area (Å²) in [5, 5.41) is 11.3. The predicted octanol–water partition coefficient (Wildman–Crippen LogP) is 1.47. The lowest BCUT2D eigenvalue weighted by molar-refractivity contribution is -0.137. The first-order valence-electron chi connectivity index (χ1n) is 8.08. The first-order valence-corrected chi connectivity index (χ1v) is 8.08. The zero-order valence-electron chi connectivity index (χ0n) is 13.8. The van der Waals surface area contributed by atoms with Crippen molar-refractivity contribution in [2.45, 2.75) is 25.7 Å². The van der Waals surface area contributed by atoms with Crippen LogP contribution in [0.2, 0.25) is 0 Å². The fraction of sp³-hybridized carbons (Fsp3) is 0.471. The van der Waals surface area contributed by atoms with Crippen LogP contribution in [0, 0.1) is 0 Å². The van der Waals surface area contributed by atoms with Gasteiger partial charge < -0.3 is 20.2 Å². The normalized spacial score (nSPS) is 12.6. The zero-order valence-corrected chi connectivity index (χ0v) is 13.8. The number of benzene rings is 1. The Balaban J connectivity index is 1.68. The molecule has 1 aliphatic heterocycles. The Morgan fingerprint density at radius 2 is 2.00 bits per heavy atom. The van der Waals surface area contributed by atoms with E-state index >= 15 is 0 Å². The van der Waals surface area contributed by atoms with Crippen LogP contribution in [0.4, 0.5) is 10.5 Å². The van der Waals surface area contributed by atoms with Crippen LogP contribution in [0.25, 0.3) is 0 Å². The van der Waals surface area contributed by atoms with Gasteiger partial charge in [0.2, 0.25) is 5.91 Å². The number of carbonyl (C=O) groups is 3. The summed E-state index contributed by atoms with van der Waals surface area (Å²) in [6, 6.07) is 7.57. The van der Waals surface area contributed by atoms with Crippen LogP contribution in [0.3, 0.4) is 0 Å². The van der Waals surface area contributed by atoms with Crippen molar-refractivity contribution in [3.8, 4) is 0 Å². The minimum Gasteiger partial charge on any atom is -0.481 e. The highest BCUT2D eigenvalue weighted by atomic mass is 16.4. The van der Waals surface area contributed by atoms with Crippen molar-refractivity contribution in [1.82, 2.24) is 10.2 Å². The van der Waals surface area contributed by atoms with E-state index in [1.54, 1.807) is 11.9 Å². The van der Waals surface area contributed by atoms with E-state index in [1.807, 2.05) is 24.3 Å². The van der Waals surface area contributed by atoms with Crippen molar-refractivity contribution in [3.63, 3.8) is 0 Å². The summed E-state index contributed by atoms with van der Waals surface area (Å²) in [7, 11) is 1.55. The number of carboxylic acids is 1. The summed E-state index contributed by atoms with van der Waals surface area (Å²) < 4.78 is 0. The molecule has 0 spiro atoms. The molecule has 24 heavy (non-hydrogen) atoms. The number of fused-ring (bicyclic) bond motifs is 1. The number of amides is 3. The summed E-state index contributed by atoms with van der Waals surface area (Å²) in [6.45, 7) is 1.25. The van der Waals surface area contributed by atoms with Gasteiger partial charge >= 0.3 is 12.0 Å². The average molecular weight is 333 g/mol. The molecule has 0 atom stereocenters. The molecular formula is C17H23N3O4. The van der Waals surface area contributed by atoms with Crippen LogP contribution in [0.1, 0.15) is 24.8 Å². The van der Waals surface area contributed by atoms with Crippen molar-refractivity contribution >= 4 is 23.6 Å². The van der Waals surface area contributed by atoms with Gasteiger partial charge in [-0.25, -0.2) is 4.79 Å². The standard InChI is InChI=1S/C17H23N3O4/c1-19(11-9-16(22)23)17(24)18-10-4-7-15(21)20-12-8-13-5-2-3-6-14(13)20/h2-3,5-6H,4,7-12H2,1H3,(H,18,24)(H,22,23). The van der Waals surface area contributed by atoms with Crippen LogP contribution in [-0.2, 0) is 16.0 Å². The van der Waals surface area contributed by atoms with Crippen LogP contribution in [-0.4, -0.2) is 54.6 Å². The zero-order chi connectivity index (χ0) is 17.5. The molecule has 1 aliphatic rings. The third kappa shape index (κ3) is 4.71. The van der Waals surface area contributed by atoms with Gasteiger partial charge in [-0.1, -0.05) is 18.2 Å². The van der Waals surface area contributed by atoms with E-state index < -0.39 is 5.97 Å². The molecule has 7 nitrogen and oxygen atoms in total. The average Bonchev–Trinajstić information content (AvgIpc) is 3.00. The Bertz CT molecular complexity index is 618. The summed E-state index contributed by atoms with van der Waals surface area (Å²) in [5.41, 5.74) is 2.18. The van der Waals surface area contributed by atoms with Gasteiger partial charge in [0.1, 0.15) is 0 Å². The first-order chi connectivity index (χ1) is 11.5. The molecule has 0 radical (unpaired) electrons.